The van der Waals surface area contributed by atoms with Crippen LogP contribution in [0.25, 0.3) is 0 Å². The van der Waals surface area contributed by atoms with E-state index >= 15 is 0 Å². The molecule has 1 atom stereocenters. The van der Waals surface area contributed by atoms with E-state index in [1.165, 1.54) is 0 Å². The van der Waals surface area contributed by atoms with E-state index in [1.54, 1.807) is 13.4 Å². The molecule has 1 unspecified atom stereocenters. The van der Waals surface area contributed by atoms with E-state index in [2.05, 4.69) is 6.58 Å². The van der Waals surface area contributed by atoms with Gasteiger partial charge in [-0.2, -0.15) is 0 Å². The van der Waals surface area contributed by atoms with Crippen LogP contribution < -0.4 is 5.73 Å². The lowest BCUT2D eigenvalue weighted by Crippen LogP contribution is -2.25. The Labute approximate surface area is 71.8 Å². The smallest absolute Gasteiger partial charge is 0.106 e. The Morgan fingerprint density at radius 3 is 3.08 bits per heavy atom. The minimum atomic E-state index is -0.193. The van der Waals surface area contributed by atoms with E-state index in [1.807, 2.05) is 12.1 Å². The number of rotatable bonds is 4. The lowest BCUT2D eigenvalue weighted by Gasteiger charge is -2.11. The molecule has 3 nitrogen and oxygen atoms in total. The second-order valence-corrected chi connectivity index (χ2v) is 2.56. The SMILES string of the molecule is C=C(OC)C(N)Cc1ccco1. The highest BCUT2D eigenvalue weighted by Gasteiger charge is 2.09. The number of methoxy groups -OCH3 is 1. The molecule has 1 aromatic rings. The molecule has 0 bridgehead atoms. The summed E-state index contributed by atoms with van der Waals surface area (Å²) in [6.45, 7) is 3.66. The molecule has 12 heavy (non-hydrogen) atoms. The number of nitrogens with two attached hydrogens (primary N) is 1. The third-order valence-corrected chi connectivity index (χ3v) is 1.68. The Hall–Kier alpha value is -1.22. The van der Waals surface area contributed by atoms with Gasteiger partial charge in [0.05, 0.1) is 19.4 Å². The molecule has 1 rings (SSSR count). The predicted molar refractivity (Wildman–Crippen MR) is 46.5 cm³/mol. The van der Waals surface area contributed by atoms with Crippen molar-refractivity contribution in [1.82, 2.24) is 0 Å². The van der Waals surface area contributed by atoms with Gasteiger partial charge in [-0.1, -0.05) is 6.58 Å². The van der Waals surface area contributed by atoms with Crippen molar-refractivity contribution in [3.05, 3.63) is 36.5 Å². The van der Waals surface area contributed by atoms with Crippen LogP contribution in [0, 0.1) is 0 Å². The fourth-order valence-corrected chi connectivity index (χ4v) is 0.911. The summed E-state index contributed by atoms with van der Waals surface area (Å²) in [4.78, 5) is 0. The molecule has 0 amide bonds. The van der Waals surface area contributed by atoms with Gasteiger partial charge in [0.25, 0.3) is 0 Å². The average molecular weight is 167 g/mol. The minimum Gasteiger partial charge on any atom is -0.500 e. The summed E-state index contributed by atoms with van der Waals surface area (Å²) in [6.07, 6.45) is 2.25. The molecular weight excluding hydrogens is 154 g/mol. The van der Waals surface area contributed by atoms with Crippen LogP contribution in [0.4, 0.5) is 0 Å². The van der Waals surface area contributed by atoms with Crippen LogP contribution in [0.1, 0.15) is 5.76 Å². The molecule has 2 N–H and O–H groups in total. The van der Waals surface area contributed by atoms with E-state index in [0.717, 1.165) is 5.76 Å². The van der Waals surface area contributed by atoms with Gasteiger partial charge in [-0.15, -0.1) is 0 Å². The molecule has 3 heteroatoms. The van der Waals surface area contributed by atoms with E-state index in [0.29, 0.717) is 12.2 Å². The Balaban J connectivity index is 2.47. The molecule has 0 fully saturated rings. The van der Waals surface area contributed by atoms with E-state index in [-0.39, 0.29) is 6.04 Å². The zero-order valence-corrected chi connectivity index (χ0v) is 7.12. The maximum Gasteiger partial charge on any atom is 0.106 e. The van der Waals surface area contributed by atoms with Crippen molar-refractivity contribution in [2.45, 2.75) is 12.5 Å². The maximum atomic E-state index is 5.73. The molecule has 1 aromatic heterocycles. The van der Waals surface area contributed by atoms with Gasteiger partial charge in [0.2, 0.25) is 0 Å². The molecule has 66 valence electrons. The first kappa shape index (κ1) is 8.87. The highest BCUT2D eigenvalue weighted by Crippen LogP contribution is 2.07. The number of ether oxygens (including phenoxy) is 1. The fraction of sp³-hybridized carbons (Fsp3) is 0.333. The standard InChI is InChI=1S/C9H13NO2/c1-7(11-2)9(10)6-8-4-3-5-12-8/h3-5,9H,1,6,10H2,2H3. The van der Waals surface area contributed by atoms with E-state index in [9.17, 15) is 0 Å². The lowest BCUT2D eigenvalue weighted by molar-refractivity contribution is 0.263. The van der Waals surface area contributed by atoms with Crippen molar-refractivity contribution in [3.8, 4) is 0 Å². The van der Waals surface area contributed by atoms with Gasteiger partial charge in [-0.3, -0.25) is 0 Å². The van der Waals surface area contributed by atoms with Crippen LogP contribution in [0.15, 0.2) is 35.2 Å². The van der Waals surface area contributed by atoms with Gasteiger partial charge < -0.3 is 14.9 Å². The molecule has 1 heterocycles. The van der Waals surface area contributed by atoms with Gasteiger partial charge in [0.1, 0.15) is 11.5 Å². The van der Waals surface area contributed by atoms with Crippen LogP contribution in [0.2, 0.25) is 0 Å². The summed E-state index contributed by atoms with van der Waals surface area (Å²) in [5.74, 6) is 1.42. The first-order valence-corrected chi connectivity index (χ1v) is 3.74. The molecule has 0 aliphatic rings. The monoisotopic (exact) mass is 167 g/mol. The Bertz CT molecular complexity index is 241. The number of furan rings is 1. The Morgan fingerprint density at radius 2 is 2.58 bits per heavy atom. The third-order valence-electron chi connectivity index (χ3n) is 1.68. The molecule has 0 spiro atoms. The van der Waals surface area contributed by atoms with Crippen molar-refractivity contribution >= 4 is 0 Å². The van der Waals surface area contributed by atoms with Crippen molar-refractivity contribution in [3.63, 3.8) is 0 Å². The van der Waals surface area contributed by atoms with Gasteiger partial charge in [0, 0.05) is 6.42 Å². The summed E-state index contributed by atoms with van der Waals surface area (Å²) in [6, 6.07) is 3.52. The molecule has 0 aromatic carbocycles. The van der Waals surface area contributed by atoms with Crippen LogP contribution in [-0.4, -0.2) is 13.2 Å². The second-order valence-electron chi connectivity index (χ2n) is 2.56. The van der Waals surface area contributed by atoms with Crippen LogP contribution >= 0.6 is 0 Å². The second kappa shape index (κ2) is 3.97. The first-order valence-electron chi connectivity index (χ1n) is 3.74. The Morgan fingerprint density at radius 1 is 1.83 bits per heavy atom. The van der Waals surface area contributed by atoms with Crippen LogP contribution in [0.5, 0.6) is 0 Å². The first-order chi connectivity index (χ1) is 5.74. The maximum absolute atomic E-state index is 5.73. The summed E-state index contributed by atoms with van der Waals surface area (Å²) in [5, 5.41) is 0. The molecule has 0 radical (unpaired) electrons. The number of hydrogen-bond donors (Lipinski definition) is 1. The molecular formula is C9H13NO2. The van der Waals surface area contributed by atoms with Gasteiger partial charge >= 0.3 is 0 Å². The summed E-state index contributed by atoms with van der Waals surface area (Å²) < 4.78 is 10.0. The van der Waals surface area contributed by atoms with Crippen LogP contribution in [0.3, 0.4) is 0 Å². The zero-order chi connectivity index (χ0) is 8.97. The third kappa shape index (κ3) is 2.13. The van der Waals surface area contributed by atoms with Crippen molar-refractivity contribution in [2.75, 3.05) is 7.11 Å². The van der Waals surface area contributed by atoms with Crippen LogP contribution in [-0.2, 0) is 11.2 Å². The minimum absolute atomic E-state index is 0.193. The average Bonchev–Trinajstić information content (AvgIpc) is 2.55. The van der Waals surface area contributed by atoms with Crippen molar-refractivity contribution in [1.29, 1.82) is 0 Å². The number of hydrogen-bond acceptors (Lipinski definition) is 3. The largest absolute Gasteiger partial charge is 0.500 e. The summed E-state index contributed by atoms with van der Waals surface area (Å²) >= 11 is 0. The summed E-state index contributed by atoms with van der Waals surface area (Å²) in [5.41, 5.74) is 5.73. The lowest BCUT2D eigenvalue weighted by atomic mass is 10.1. The molecule has 0 saturated heterocycles. The van der Waals surface area contributed by atoms with Gasteiger partial charge in [-0.25, -0.2) is 0 Å². The molecule has 0 aliphatic carbocycles. The highest BCUT2D eigenvalue weighted by molar-refractivity contribution is 5.06. The summed E-state index contributed by atoms with van der Waals surface area (Å²) in [7, 11) is 1.56. The zero-order valence-electron chi connectivity index (χ0n) is 7.12. The van der Waals surface area contributed by atoms with E-state index in [4.69, 9.17) is 14.9 Å². The van der Waals surface area contributed by atoms with E-state index < -0.39 is 0 Å². The topological polar surface area (TPSA) is 48.4 Å². The van der Waals surface area contributed by atoms with Gasteiger partial charge in [0.15, 0.2) is 0 Å². The van der Waals surface area contributed by atoms with Crippen molar-refractivity contribution in [2.24, 2.45) is 5.73 Å². The quantitative estimate of drug-likeness (QED) is 0.688. The van der Waals surface area contributed by atoms with Crippen molar-refractivity contribution < 1.29 is 9.15 Å². The Kier molecular flexibility index (Phi) is 2.94. The molecule has 0 saturated carbocycles. The molecule has 0 aliphatic heterocycles. The fourth-order valence-electron chi connectivity index (χ4n) is 0.911. The van der Waals surface area contributed by atoms with Gasteiger partial charge in [-0.05, 0) is 12.1 Å². The predicted octanol–water partition coefficient (Wildman–Crippen LogP) is 1.31. The normalized spacial score (nSPS) is 12.5. The highest BCUT2D eigenvalue weighted by atomic mass is 16.5.